The van der Waals surface area contributed by atoms with E-state index in [2.05, 4.69) is 35.3 Å². The maximum Gasteiger partial charge on any atom is 0.178 e. The molecule has 1 heterocycles. The molecule has 1 aliphatic carbocycles. The number of hydrogen-bond acceptors (Lipinski definition) is 2. The van der Waals surface area contributed by atoms with Crippen LogP contribution in [0.1, 0.15) is 30.7 Å². The predicted octanol–water partition coefficient (Wildman–Crippen LogP) is 3.27. The number of benzene rings is 1. The van der Waals surface area contributed by atoms with Crippen LogP contribution in [0, 0.1) is 0 Å². The Bertz CT molecular complexity index is 433. The van der Waals surface area contributed by atoms with Gasteiger partial charge in [-0.2, -0.15) is 0 Å². The van der Waals surface area contributed by atoms with Crippen molar-refractivity contribution >= 4 is 6.21 Å². The van der Waals surface area contributed by atoms with Crippen molar-refractivity contribution in [2.24, 2.45) is 4.99 Å². The molecule has 0 radical (unpaired) electrons. The zero-order valence-corrected chi connectivity index (χ0v) is 9.23. The van der Waals surface area contributed by atoms with E-state index in [1.165, 1.54) is 24.0 Å². The molecule has 2 aliphatic rings. The van der Waals surface area contributed by atoms with Crippen LogP contribution in [0.25, 0.3) is 0 Å². The molecule has 0 bridgehead atoms. The van der Waals surface area contributed by atoms with Gasteiger partial charge in [-0.05, 0) is 24.8 Å². The van der Waals surface area contributed by atoms with E-state index in [1.807, 2.05) is 6.21 Å². The molecule has 2 nitrogen and oxygen atoms in total. The quantitative estimate of drug-likeness (QED) is 0.701. The molecule has 0 N–H and O–H groups in total. The third kappa shape index (κ3) is 1.64. The van der Waals surface area contributed by atoms with Crippen LogP contribution in [-0.4, -0.2) is 12.9 Å². The summed E-state index contributed by atoms with van der Waals surface area (Å²) in [6.45, 7) is 0.488. The van der Waals surface area contributed by atoms with Gasteiger partial charge in [0.05, 0.1) is 0 Å². The Morgan fingerprint density at radius 3 is 2.94 bits per heavy atom. The van der Waals surface area contributed by atoms with E-state index >= 15 is 0 Å². The summed E-state index contributed by atoms with van der Waals surface area (Å²) in [5, 5.41) is 0. The van der Waals surface area contributed by atoms with Gasteiger partial charge in [-0.1, -0.05) is 30.3 Å². The highest BCUT2D eigenvalue weighted by Crippen LogP contribution is 2.38. The fraction of sp³-hybridized carbons (Fsp3) is 0.357. The van der Waals surface area contributed by atoms with Crippen LogP contribution in [0.5, 0.6) is 0 Å². The van der Waals surface area contributed by atoms with E-state index in [4.69, 9.17) is 4.74 Å². The fourth-order valence-corrected chi connectivity index (χ4v) is 2.55. The number of nitrogens with zero attached hydrogens (tertiary/aromatic N) is 1. The predicted molar refractivity (Wildman–Crippen MR) is 64.5 cm³/mol. The third-order valence-electron chi connectivity index (χ3n) is 3.32. The maximum atomic E-state index is 5.73. The lowest BCUT2D eigenvalue weighted by Crippen LogP contribution is -2.17. The first-order valence-corrected chi connectivity index (χ1v) is 5.86. The Morgan fingerprint density at radius 2 is 2.06 bits per heavy atom. The minimum absolute atomic E-state index is 0.441. The van der Waals surface area contributed by atoms with Crippen LogP contribution in [-0.2, 0) is 4.74 Å². The number of aliphatic imine (C=N–C) groups is 1. The van der Waals surface area contributed by atoms with Crippen molar-refractivity contribution in [3.05, 3.63) is 47.2 Å². The van der Waals surface area contributed by atoms with Crippen LogP contribution in [0.4, 0.5) is 0 Å². The molecule has 0 aromatic heterocycles. The average molecular weight is 213 g/mol. The van der Waals surface area contributed by atoms with Crippen molar-refractivity contribution in [2.75, 3.05) is 6.73 Å². The normalized spacial score (nSPS) is 23.9. The van der Waals surface area contributed by atoms with Gasteiger partial charge in [-0.15, -0.1) is 0 Å². The first-order chi connectivity index (χ1) is 7.95. The molecule has 0 saturated heterocycles. The summed E-state index contributed by atoms with van der Waals surface area (Å²) >= 11 is 0. The van der Waals surface area contributed by atoms with Gasteiger partial charge in [0.2, 0.25) is 0 Å². The SMILES string of the molecule is C1=NCOC2=C1CCCC2c1ccccc1. The highest BCUT2D eigenvalue weighted by atomic mass is 16.5. The second-order valence-electron chi connectivity index (χ2n) is 4.33. The number of allylic oxidation sites excluding steroid dienone is 2. The van der Waals surface area contributed by atoms with E-state index < -0.39 is 0 Å². The Balaban J connectivity index is 1.99. The lowest BCUT2D eigenvalue weighted by Gasteiger charge is -2.29. The van der Waals surface area contributed by atoms with Gasteiger partial charge < -0.3 is 4.74 Å². The molecule has 1 aromatic carbocycles. The third-order valence-corrected chi connectivity index (χ3v) is 3.32. The minimum Gasteiger partial charge on any atom is -0.475 e. The van der Waals surface area contributed by atoms with E-state index in [0.29, 0.717) is 12.6 Å². The Hall–Kier alpha value is -1.57. The second-order valence-corrected chi connectivity index (χ2v) is 4.33. The van der Waals surface area contributed by atoms with Gasteiger partial charge >= 0.3 is 0 Å². The van der Waals surface area contributed by atoms with Gasteiger partial charge in [0.15, 0.2) is 6.73 Å². The summed E-state index contributed by atoms with van der Waals surface area (Å²) in [4.78, 5) is 4.18. The summed E-state index contributed by atoms with van der Waals surface area (Å²) in [6.07, 6.45) is 5.53. The molecule has 0 saturated carbocycles. The highest BCUT2D eigenvalue weighted by molar-refractivity contribution is 5.80. The van der Waals surface area contributed by atoms with Gasteiger partial charge in [-0.3, -0.25) is 4.99 Å². The van der Waals surface area contributed by atoms with Crippen molar-refractivity contribution in [1.82, 2.24) is 0 Å². The standard InChI is InChI=1S/C14H15NO/c1-2-5-11(6-3-1)13-8-4-7-12-9-15-10-16-14(12)13/h1-3,5-6,9,13H,4,7-8,10H2. The van der Waals surface area contributed by atoms with Crippen LogP contribution in [0.2, 0.25) is 0 Å². The van der Waals surface area contributed by atoms with Crippen LogP contribution in [0.3, 0.4) is 0 Å². The number of ether oxygens (including phenoxy) is 1. The van der Waals surface area contributed by atoms with Crippen LogP contribution < -0.4 is 0 Å². The van der Waals surface area contributed by atoms with E-state index in [-0.39, 0.29) is 0 Å². The first-order valence-electron chi connectivity index (χ1n) is 5.86. The lowest BCUT2D eigenvalue weighted by molar-refractivity contribution is 0.186. The van der Waals surface area contributed by atoms with Gasteiger partial charge in [0, 0.05) is 17.7 Å². The Kier molecular flexibility index (Phi) is 2.49. The van der Waals surface area contributed by atoms with Crippen molar-refractivity contribution in [2.45, 2.75) is 25.2 Å². The molecule has 0 spiro atoms. The maximum absolute atomic E-state index is 5.73. The van der Waals surface area contributed by atoms with Gasteiger partial charge in [0.25, 0.3) is 0 Å². The molecule has 1 atom stereocenters. The zero-order valence-electron chi connectivity index (χ0n) is 9.23. The van der Waals surface area contributed by atoms with Crippen LogP contribution in [0.15, 0.2) is 46.7 Å². The molecule has 0 amide bonds. The first kappa shape index (κ1) is 9.64. The average Bonchev–Trinajstić information content (AvgIpc) is 2.39. The molecular formula is C14H15NO. The van der Waals surface area contributed by atoms with E-state index in [1.54, 1.807) is 0 Å². The molecule has 0 fully saturated rings. The lowest BCUT2D eigenvalue weighted by atomic mass is 9.84. The summed E-state index contributed by atoms with van der Waals surface area (Å²) < 4.78 is 5.73. The van der Waals surface area contributed by atoms with Crippen molar-refractivity contribution in [3.63, 3.8) is 0 Å². The fourth-order valence-electron chi connectivity index (χ4n) is 2.55. The Morgan fingerprint density at radius 1 is 1.19 bits per heavy atom. The largest absolute Gasteiger partial charge is 0.475 e. The monoisotopic (exact) mass is 213 g/mol. The Labute approximate surface area is 95.7 Å². The molecule has 2 heteroatoms. The van der Waals surface area contributed by atoms with E-state index in [9.17, 15) is 0 Å². The van der Waals surface area contributed by atoms with Crippen molar-refractivity contribution in [1.29, 1.82) is 0 Å². The molecule has 1 aliphatic heterocycles. The second kappa shape index (κ2) is 4.12. The van der Waals surface area contributed by atoms with Crippen molar-refractivity contribution in [3.8, 4) is 0 Å². The van der Waals surface area contributed by atoms with E-state index in [0.717, 1.165) is 12.2 Å². The minimum atomic E-state index is 0.441. The summed E-state index contributed by atoms with van der Waals surface area (Å²) in [6, 6.07) is 10.6. The molecule has 3 rings (SSSR count). The van der Waals surface area contributed by atoms with Crippen LogP contribution >= 0.6 is 0 Å². The summed E-state index contributed by atoms with van der Waals surface area (Å²) in [7, 11) is 0. The number of rotatable bonds is 1. The topological polar surface area (TPSA) is 21.6 Å². The summed E-state index contributed by atoms with van der Waals surface area (Å²) in [5.41, 5.74) is 2.66. The molecule has 82 valence electrons. The van der Waals surface area contributed by atoms with Gasteiger partial charge in [-0.25, -0.2) is 0 Å². The molecule has 16 heavy (non-hydrogen) atoms. The highest BCUT2D eigenvalue weighted by Gasteiger charge is 2.26. The molecule has 1 unspecified atom stereocenters. The smallest absolute Gasteiger partial charge is 0.178 e. The van der Waals surface area contributed by atoms with Crippen molar-refractivity contribution < 1.29 is 4.74 Å². The zero-order chi connectivity index (χ0) is 10.8. The van der Waals surface area contributed by atoms with Gasteiger partial charge in [0.1, 0.15) is 5.76 Å². The summed E-state index contributed by atoms with van der Waals surface area (Å²) in [5.74, 6) is 1.60. The number of hydrogen-bond donors (Lipinski definition) is 0. The molecule has 1 aromatic rings. The molecular weight excluding hydrogens is 198 g/mol.